The number of amides is 2. The van der Waals surface area contributed by atoms with Gasteiger partial charge in [-0.05, 0) is 24.3 Å². The van der Waals surface area contributed by atoms with Gasteiger partial charge in [0, 0.05) is 11.3 Å². The number of carbonyl (C=O) groups excluding carboxylic acids is 2. The van der Waals surface area contributed by atoms with E-state index in [9.17, 15) is 19.5 Å². The first-order valence-electron chi connectivity index (χ1n) is 6.74. The number of nitrogens with one attached hydrogen (secondary N) is 1. The second-order valence-electron chi connectivity index (χ2n) is 5.27. The molecule has 2 aliphatic heterocycles. The number of hydrogen-bond donors (Lipinski definition) is 3. The molecule has 114 valence electrons. The van der Waals surface area contributed by atoms with Crippen LogP contribution in [-0.2, 0) is 14.3 Å². The van der Waals surface area contributed by atoms with E-state index in [1.807, 2.05) is 0 Å². The van der Waals surface area contributed by atoms with E-state index >= 15 is 0 Å². The second-order valence-corrected chi connectivity index (χ2v) is 5.27. The van der Waals surface area contributed by atoms with Crippen LogP contribution in [0.2, 0.25) is 0 Å². The number of fused-ring (bicyclic) bond motifs is 2. The van der Waals surface area contributed by atoms with Crippen molar-refractivity contribution in [3.8, 4) is 0 Å². The molecule has 0 aromatic heterocycles. The molecule has 3 rings (SSSR count). The smallest absolute Gasteiger partial charge is 0.310 e. The fourth-order valence-corrected chi connectivity index (χ4v) is 2.86. The van der Waals surface area contributed by atoms with Crippen molar-refractivity contribution >= 4 is 23.5 Å². The van der Waals surface area contributed by atoms with Gasteiger partial charge in [0.1, 0.15) is 5.92 Å². The van der Waals surface area contributed by atoms with Crippen molar-refractivity contribution in [2.75, 3.05) is 5.32 Å². The summed E-state index contributed by atoms with van der Waals surface area (Å²) in [5.41, 5.74) is 5.93. The van der Waals surface area contributed by atoms with Crippen LogP contribution in [0.15, 0.2) is 36.4 Å². The highest BCUT2D eigenvalue weighted by molar-refractivity contribution is 5.97. The molecule has 0 radical (unpaired) electrons. The van der Waals surface area contributed by atoms with Crippen molar-refractivity contribution < 1.29 is 24.2 Å². The molecule has 0 spiro atoms. The Hall–Kier alpha value is -2.67. The Morgan fingerprint density at radius 2 is 1.64 bits per heavy atom. The summed E-state index contributed by atoms with van der Waals surface area (Å²) in [6.07, 6.45) is 2.31. The van der Waals surface area contributed by atoms with Gasteiger partial charge in [0.15, 0.2) is 0 Å². The zero-order valence-corrected chi connectivity index (χ0v) is 11.4. The lowest BCUT2D eigenvalue weighted by Gasteiger charge is -2.21. The van der Waals surface area contributed by atoms with Gasteiger partial charge in [-0.1, -0.05) is 12.2 Å². The summed E-state index contributed by atoms with van der Waals surface area (Å²) in [5.74, 6) is -3.70. The fourth-order valence-electron chi connectivity index (χ4n) is 2.86. The number of hydrogen-bond acceptors (Lipinski definition) is 4. The van der Waals surface area contributed by atoms with Crippen LogP contribution in [0.4, 0.5) is 5.69 Å². The van der Waals surface area contributed by atoms with E-state index in [0.717, 1.165) is 0 Å². The number of ether oxygens (including phenoxy) is 1. The van der Waals surface area contributed by atoms with Gasteiger partial charge in [0.2, 0.25) is 11.8 Å². The van der Waals surface area contributed by atoms with Crippen LogP contribution >= 0.6 is 0 Å². The highest BCUT2D eigenvalue weighted by atomic mass is 16.5. The van der Waals surface area contributed by atoms with Crippen molar-refractivity contribution in [3.63, 3.8) is 0 Å². The Labute approximate surface area is 125 Å². The van der Waals surface area contributed by atoms with E-state index in [1.165, 1.54) is 24.3 Å². The average Bonchev–Trinajstić information content (AvgIpc) is 3.08. The molecule has 1 aromatic carbocycles. The predicted octanol–water partition coefficient (Wildman–Crippen LogP) is 0.378. The van der Waals surface area contributed by atoms with Crippen LogP contribution in [-0.4, -0.2) is 35.1 Å². The van der Waals surface area contributed by atoms with Crippen LogP contribution in [0, 0.1) is 11.8 Å². The monoisotopic (exact) mass is 302 g/mol. The van der Waals surface area contributed by atoms with Crippen molar-refractivity contribution in [2.45, 2.75) is 12.2 Å². The minimum atomic E-state index is -1.05. The third kappa shape index (κ3) is 2.35. The van der Waals surface area contributed by atoms with Gasteiger partial charge >= 0.3 is 5.97 Å². The van der Waals surface area contributed by atoms with Crippen molar-refractivity contribution in [1.82, 2.24) is 0 Å². The van der Waals surface area contributed by atoms with Crippen LogP contribution in [0.1, 0.15) is 10.4 Å². The van der Waals surface area contributed by atoms with Crippen molar-refractivity contribution in [2.24, 2.45) is 17.6 Å². The highest BCUT2D eigenvalue weighted by Gasteiger charge is 2.53. The molecule has 0 unspecified atom stereocenters. The molecule has 4 N–H and O–H groups in total. The lowest BCUT2D eigenvalue weighted by Crippen LogP contribution is -2.39. The summed E-state index contributed by atoms with van der Waals surface area (Å²) in [4.78, 5) is 34.7. The Morgan fingerprint density at radius 1 is 1.05 bits per heavy atom. The number of carboxylic acid groups (broad SMARTS) is 1. The first-order valence-corrected chi connectivity index (χ1v) is 6.74. The molecule has 0 aliphatic carbocycles. The summed E-state index contributed by atoms with van der Waals surface area (Å²) < 4.78 is 5.45. The third-order valence-corrected chi connectivity index (χ3v) is 3.92. The first-order chi connectivity index (χ1) is 10.5. The van der Waals surface area contributed by atoms with Crippen LogP contribution in [0.3, 0.4) is 0 Å². The molecule has 1 aromatic rings. The summed E-state index contributed by atoms with van der Waals surface area (Å²) in [6.45, 7) is 0. The zero-order valence-electron chi connectivity index (χ0n) is 11.4. The fraction of sp³-hybridized carbons (Fsp3) is 0.267. The molecular formula is C15H14N2O5. The largest absolute Gasteiger partial charge is 0.481 e. The van der Waals surface area contributed by atoms with Gasteiger partial charge in [0.05, 0.1) is 18.1 Å². The van der Waals surface area contributed by atoms with Crippen molar-refractivity contribution in [1.29, 1.82) is 0 Å². The summed E-state index contributed by atoms with van der Waals surface area (Å²) in [5, 5.41) is 11.9. The molecule has 2 aliphatic rings. The van der Waals surface area contributed by atoms with Crippen LogP contribution < -0.4 is 11.1 Å². The molecule has 2 amide bonds. The maximum Gasteiger partial charge on any atom is 0.310 e. The summed E-state index contributed by atoms with van der Waals surface area (Å²) in [6, 6.07) is 6.06. The molecule has 2 heterocycles. The third-order valence-electron chi connectivity index (χ3n) is 3.92. The van der Waals surface area contributed by atoms with Gasteiger partial charge in [-0.15, -0.1) is 0 Å². The van der Waals surface area contributed by atoms with E-state index in [2.05, 4.69) is 5.32 Å². The van der Waals surface area contributed by atoms with Crippen molar-refractivity contribution in [3.05, 3.63) is 42.0 Å². The number of aliphatic carboxylic acids is 1. The number of carboxylic acids is 1. The van der Waals surface area contributed by atoms with Crippen LogP contribution in [0.25, 0.3) is 0 Å². The molecule has 1 fully saturated rings. The van der Waals surface area contributed by atoms with E-state index in [1.54, 1.807) is 12.2 Å². The molecule has 1 saturated heterocycles. The minimum absolute atomic E-state index is 0.326. The first kappa shape index (κ1) is 14.3. The molecule has 22 heavy (non-hydrogen) atoms. The minimum Gasteiger partial charge on any atom is -0.481 e. The molecule has 7 nitrogen and oxygen atoms in total. The standard InChI is InChI=1S/C15H14N2O5/c16-13(18)7-1-3-8(4-2-7)17-14(19)11-9-5-6-10(22-9)12(11)15(20)21/h1-6,9-12H,(H2,16,18)(H,17,19)(H,20,21)/t9-,10-,11+,12+/m1/s1. The SMILES string of the molecule is NC(=O)c1ccc(NC(=O)[C@@H]2[C@@H](C(=O)O)[C@H]3C=C[C@H]2O3)cc1. The Morgan fingerprint density at radius 3 is 2.18 bits per heavy atom. The molecule has 0 saturated carbocycles. The quantitative estimate of drug-likeness (QED) is 0.695. The summed E-state index contributed by atoms with van der Waals surface area (Å²) in [7, 11) is 0. The second kappa shape index (κ2) is 5.27. The van der Waals surface area contributed by atoms with E-state index in [4.69, 9.17) is 10.5 Å². The molecule has 7 heteroatoms. The number of carbonyl (C=O) groups is 3. The zero-order chi connectivity index (χ0) is 15.9. The predicted molar refractivity (Wildman–Crippen MR) is 76.0 cm³/mol. The van der Waals surface area contributed by atoms with E-state index in [-0.39, 0.29) is 0 Å². The lowest BCUT2D eigenvalue weighted by molar-refractivity contribution is -0.145. The molecule has 2 bridgehead atoms. The number of rotatable bonds is 4. The maximum absolute atomic E-state index is 12.4. The van der Waals surface area contributed by atoms with Gasteiger partial charge < -0.3 is 20.9 Å². The summed E-state index contributed by atoms with van der Waals surface area (Å²) >= 11 is 0. The van der Waals surface area contributed by atoms with Crippen LogP contribution in [0.5, 0.6) is 0 Å². The average molecular weight is 302 g/mol. The van der Waals surface area contributed by atoms with Gasteiger partial charge in [-0.2, -0.15) is 0 Å². The van der Waals surface area contributed by atoms with Gasteiger partial charge in [0.25, 0.3) is 0 Å². The van der Waals surface area contributed by atoms with Gasteiger partial charge in [-0.3, -0.25) is 14.4 Å². The molecular weight excluding hydrogens is 288 g/mol. The van der Waals surface area contributed by atoms with E-state index in [0.29, 0.717) is 11.3 Å². The van der Waals surface area contributed by atoms with Gasteiger partial charge in [-0.25, -0.2) is 0 Å². The Bertz CT molecular complexity index is 667. The number of benzene rings is 1. The van der Waals surface area contributed by atoms with E-state index < -0.39 is 41.8 Å². The number of anilines is 1. The highest BCUT2D eigenvalue weighted by Crippen LogP contribution is 2.39. The lowest BCUT2D eigenvalue weighted by atomic mass is 9.82. The number of primary amides is 1. The topological polar surface area (TPSA) is 119 Å². The Balaban J connectivity index is 1.75. The Kier molecular flexibility index (Phi) is 3.42. The molecule has 4 atom stereocenters. The normalized spacial score (nSPS) is 28.5. The number of nitrogens with two attached hydrogens (primary N) is 1. The maximum atomic E-state index is 12.4.